The minimum Gasteiger partial charge on any atom is -0.380 e. The lowest BCUT2D eigenvalue weighted by Gasteiger charge is -2.32. The van der Waals surface area contributed by atoms with Gasteiger partial charge < -0.3 is 5.32 Å². The Kier molecular flexibility index (Phi) is 6.92. The standard InChI is InChI=1S/C18H21ClF3N5O3S/c1-2-9-31(29,30)26-7-5-13(6-8-26)25-14-11-24-27(17(28)16(14)19)15-4-3-12(10-23-15)18(20,21)22/h3-4,10-11,13,25H,2,5-9H2,1H3. The topological polar surface area (TPSA) is 97.2 Å². The molecule has 0 atom stereocenters. The second kappa shape index (κ2) is 9.13. The number of alkyl halides is 3. The second-order valence-corrected chi connectivity index (χ2v) is 9.59. The van der Waals surface area contributed by atoms with Crippen LogP contribution in [0.25, 0.3) is 5.82 Å². The highest BCUT2D eigenvalue weighted by molar-refractivity contribution is 7.89. The molecule has 0 radical (unpaired) electrons. The van der Waals surface area contributed by atoms with Crippen LogP contribution in [0.1, 0.15) is 31.7 Å². The Balaban J connectivity index is 1.71. The van der Waals surface area contributed by atoms with Crippen LogP contribution in [0, 0.1) is 0 Å². The van der Waals surface area contributed by atoms with Gasteiger partial charge in [-0.05, 0) is 31.4 Å². The van der Waals surface area contributed by atoms with Gasteiger partial charge in [-0.2, -0.15) is 23.0 Å². The number of nitrogens with one attached hydrogen (secondary N) is 1. The fraction of sp³-hybridized carbons (Fsp3) is 0.500. The van der Waals surface area contributed by atoms with Crippen molar-refractivity contribution in [1.29, 1.82) is 0 Å². The maximum absolute atomic E-state index is 12.7. The molecule has 0 aromatic carbocycles. The normalized spacial score (nSPS) is 16.4. The Morgan fingerprint density at radius 3 is 2.45 bits per heavy atom. The molecule has 0 aliphatic carbocycles. The summed E-state index contributed by atoms with van der Waals surface area (Å²) in [5.74, 6) is 0.0118. The summed E-state index contributed by atoms with van der Waals surface area (Å²) in [6.45, 7) is 2.53. The molecule has 0 spiro atoms. The second-order valence-electron chi connectivity index (χ2n) is 7.13. The van der Waals surface area contributed by atoms with Gasteiger partial charge in [0.1, 0.15) is 5.02 Å². The zero-order chi connectivity index (χ0) is 22.8. The SMILES string of the molecule is CCCS(=O)(=O)N1CCC(Nc2cnn(-c3ccc(C(F)(F)F)cn3)c(=O)c2Cl)CC1. The number of hydrogen-bond donors (Lipinski definition) is 1. The van der Waals surface area contributed by atoms with Crippen molar-refractivity contribution in [3.05, 3.63) is 45.5 Å². The number of sulfonamides is 1. The van der Waals surface area contributed by atoms with E-state index in [-0.39, 0.29) is 28.3 Å². The van der Waals surface area contributed by atoms with E-state index in [0.29, 0.717) is 38.5 Å². The monoisotopic (exact) mass is 479 g/mol. The highest BCUT2D eigenvalue weighted by atomic mass is 35.5. The number of piperidine rings is 1. The molecule has 0 bridgehead atoms. The molecular formula is C18H21ClF3N5O3S. The summed E-state index contributed by atoms with van der Waals surface area (Å²) >= 11 is 6.16. The first-order chi connectivity index (χ1) is 14.5. The summed E-state index contributed by atoms with van der Waals surface area (Å²) < 4.78 is 64.6. The molecular weight excluding hydrogens is 459 g/mol. The summed E-state index contributed by atoms with van der Waals surface area (Å²) in [5.41, 5.74) is -1.41. The summed E-state index contributed by atoms with van der Waals surface area (Å²) in [7, 11) is -3.26. The predicted molar refractivity (Wildman–Crippen MR) is 110 cm³/mol. The van der Waals surface area contributed by atoms with Gasteiger partial charge in [-0.3, -0.25) is 4.79 Å². The molecule has 170 valence electrons. The Hall–Kier alpha value is -2.18. The minimum absolute atomic E-state index is 0.0964. The molecule has 3 rings (SSSR count). The maximum Gasteiger partial charge on any atom is 0.417 e. The van der Waals surface area contributed by atoms with E-state index in [1.165, 1.54) is 10.5 Å². The summed E-state index contributed by atoms with van der Waals surface area (Å²) in [6, 6.07) is 1.73. The van der Waals surface area contributed by atoms with Crippen molar-refractivity contribution in [1.82, 2.24) is 19.1 Å². The lowest BCUT2D eigenvalue weighted by molar-refractivity contribution is -0.137. The number of hydrogen-bond acceptors (Lipinski definition) is 6. The molecule has 1 fully saturated rings. The molecule has 13 heteroatoms. The van der Waals surface area contributed by atoms with E-state index in [1.807, 2.05) is 6.92 Å². The van der Waals surface area contributed by atoms with Gasteiger partial charge in [-0.25, -0.2) is 17.7 Å². The first kappa shape index (κ1) is 23.5. The van der Waals surface area contributed by atoms with E-state index in [1.54, 1.807) is 0 Å². The Bertz CT molecular complexity index is 1080. The summed E-state index contributed by atoms with van der Waals surface area (Å²) in [5, 5.41) is 6.87. The molecule has 0 amide bonds. The number of halogens is 4. The molecule has 31 heavy (non-hydrogen) atoms. The molecule has 0 saturated carbocycles. The Morgan fingerprint density at radius 2 is 1.90 bits per heavy atom. The van der Waals surface area contributed by atoms with Crippen molar-refractivity contribution in [3.8, 4) is 5.82 Å². The first-order valence-corrected chi connectivity index (χ1v) is 11.6. The number of aromatic nitrogens is 3. The van der Waals surface area contributed by atoms with Crippen LogP contribution in [0.5, 0.6) is 0 Å². The number of nitrogens with zero attached hydrogens (tertiary/aromatic N) is 4. The van der Waals surface area contributed by atoms with Crippen LogP contribution in [0.15, 0.2) is 29.3 Å². The van der Waals surface area contributed by atoms with E-state index in [2.05, 4.69) is 15.4 Å². The molecule has 3 heterocycles. The van der Waals surface area contributed by atoms with Crippen LogP contribution in [-0.4, -0.2) is 52.4 Å². The van der Waals surface area contributed by atoms with Crippen LogP contribution in [0.3, 0.4) is 0 Å². The van der Waals surface area contributed by atoms with E-state index >= 15 is 0 Å². The van der Waals surface area contributed by atoms with Crippen LogP contribution in [0.4, 0.5) is 18.9 Å². The molecule has 0 unspecified atom stereocenters. The molecule has 1 saturated heterocycles. The van der Waals surface area contributed by atoms with E-state index in [0.717, 1.165) is 16.8 Å². The average Bonchev–Trinajstić information content (AvgIpc) is 2.71. The van der Waals surface area contributed by atoms with Gasteiger partial charge in [0.25, 0.3) is 5.56 Å². The Morgan fingerprint density at radius 1 is 1.23 bits per heavy atom. The van der Waals surface area contributed by atoms with Gasteiger partial charge in [0, 0.05) is 25.3 Å². The molecule has 2 aromatic heterocycles. The third kappa shape index (κ3) is 5.36. The fourth-order valence-corrected chi connectivity index (χ4v) is 4.99. The van der Waals surface area contributed by atoms with Gasteiger partial charge in [0.2, 0.25) is 10.0 Å². The highest BCUT2D eigenvalue weighted by Crippen LogP contribution is 2.28. The van der Waals surface area contributed by atoms with E-state index in [4.69, 9.17) is 11.6 Å². The van der Waals surface area contributed by atoms with Crippen LogP contribution < -0.4 is 10.9 Å². The lowest BCUT2D eigenvalue weighted by Crippen LogP contribution is -2.43. The third-order valence-corrected chi connectivity index (χ3v) is 7.32. The first-order valence-electron chi connectivity index (χ1n) is 9.58. The van der Waals surface area contributed by atoms with Gasteiger partial charge in [-0.15, -0.1) is 0 Å². The van der Waals surface area contributed by atoms with Crippen molar-refractivity contribution in [3.63, 3.8) is 0 Å². The van der Waals surface area contributed by atoms with Crippen molar-refractivity contribution < 1.29 is 21.6 Å². The smallest absolute Gasteiger partial charge is 0.380 e. The molecule has 1 aliphatic rings. The molecule has 2 aromatic rings. The van der Waals surface area contributed by atoms with Crippen molar-refractivity contribution in [2.75, 3.05) is 24.2 Å². The van der Waals surface area contributed by atoms with Gasteiger partial charge in [0.05, 0.1) is 23.2 Å². The van der Waals surface area contributed by atoms with Crippen LogP contribution >= 0.6 is 11.6 Å². The average molecular weight is 480 g/mol. The van der Waals surface area contributed by atoms with Crippen molar-refractivity contribution in [2.45, 2.75) is 38.4 Å². The quantitative estimate of drug-likeness (QED) is 0.684. The predicted octanol–water partition coefficient (Wildman–Crippen LogP) is 2.92. The zero-order valence-corrected chi connectivity index (χ0v) is 18.1. The number of pyridine rings is 1. The molecule has 1 N–H and O–H groups in total. The molecule has 8 nitrogen and oxygen atoms in total. The van der Waals surface area contributed by atoms with Crippen molar-refractivity contribution >= 4 is 27.3 Å². The number of rotatable bonds is 6. The van der Waals surface area contributed by atoms with Crippen molar-refractivity contribution in [2.24, 2.45) is 0 Å². The third-order valence-electron chi connectivity index (χ3n) is 4.88. The van der Waals surface area contributed by atoms with Gasteiger partial charge >= 0.3 is 6.18 Å². The maximum atomic E-state index is 12.7. The highest BCUT2D eigenvalue weighted by Gasteiger charge is 2.31. The summed E-state index contributed by atoms with van der Waals surface area (Å²) in [6.07, 6.45) is -1.02. The lowest BCUT2D eigenvalue weighted by atomic mass is 10.1. The van der Waals surface area contributed by atoms with Gasteiger partial charge in [-0.1, -0.05) is 18.5 Å². The Labute approximate surface area is 182 Å². The fourth-order valence-electron chi connectivity index (χ4n) is 3.26. The largest absolute Gasteiger partial charge is 0.417 e. The van der Waals surface area contributed by atoms with E-state index in [9.17, 15) is 26.4 Å². The molecule has 1 aliphatic heterocycles. The van der Waals surface area contributed by atoms with Crippen LogP contribution in [-0.2, 0) is 16.2 Å². The van der Waals surface area contributed by atoms with E-state index < -0.39 is 27.3 Å². The minimum atomic E-state index is -4.54. The summed E-state index contributed by atoms with van der Waals surface area (Å²) in [4.78, 5) is 16.2. The van der Waals surface area contributed by atoms with Crippen LogP contribution in [0.2, 0.25) is 5.02 Å². The number of anilines is 1. The zero-order valence-electron chi connectivity index (χ0n) is 16.6. The van der Waals surface area contributed by atoms with Gasteiger partial charge in [0.15, 0.2) is 5.82 Å².